The second kappa shape index (κ2) is 6.62. The molecule has 1 saturated carbocycles. The molecule has 1 aliphatic rings. The molecule has 0 heterocycles. The van der Waals surface area contributed by atoms with Crippen LogP contribution in [0.5, 0.6) is 5.75 Å². The van der Waals surface area contributed by atoms with Gasteiger partial charge in [0.15, 0.2) is 0 Å². The van der Waals surface area contributed by atoms with Crippen molar-refractivity contribution in [1.29, 1.82) is 0 Å². The van der Waals surface area contributed by atoms with Crippen LogP contribution < -0.4 is 10.1 Å². The molecule has 0 unspecified atom stereocenters. The first kappa shape index (κ1) is 12.4. The molecule has 3 heteroatoms. The van der Waals surface area contributed by atoms with E-state index < -0.39 is 0 Å². The molecule has 1 aromatic carbocycles. The van der Waals surface area contributed by atoms with Crippen LogP contribution in [0.3, 0.4) is 0 Å². The molecule has 0 saturated heterocycles. The van der Waals surface area contributed by atoms with Gasteiger partial charge in [-0.05, 0) is 43.5 Å². The van der Waals surface area contributed by atoms with Crippen LogP contribution >= 0.6 is 0 Å². The van der Waals surface area contributed by atoms with Crippen molar-refractivity contribution in [1.82, 2.24) is 5.32 Å². The molecule has 1 fully saturated rings. The molecule has 17 heavy (non-hydrogen) atoms. The Kier molecular flexibility index (Phi) is 4.83. The third-order valence-electron chi connectivity index (χ3n) is 2.81. The fourth-order valence-electron chi connectivity index (χ4n) is 1.75. The van der Waals surface area contributed by atoms with Crippen LogP contribution in [-0.4, -0.2) is 26.3 Å². The largest absolute Gasteiger partial charge is 0.494 e. The number of ether oxygens (including phenoxy) is 2. The Morgan fingerprint density at radius 3 is 3.00 bits per heavy atom. The number of rotatable bonds is 8. The van der Waals surface area contributed by atoms with Crippen LogP contribution in [-0.2, 0) is 11.3 Å². The summed E-state index contributed by atoms with van der Waals surface area (Å²) in [6.45, 7) is 2.47. The molecule has 1 aliphatic carbocycles. The van der Waals surface area contributed by atoms with Gasteiger partial charge in [-0.2, -0.15) is 0 Å². The van der Waals surface area contributed by atoms with Gasteiger partial charge < -0.3 is 14.8 Å². The number of methoxy groups -OCH3 is 1. The normalized spacial score (nSPS) is 14.9. The highest BCUT2D eigenvalue weighted by Gasteiger charge is 2.19. The third-order valence-corrected chi connectivity index (χ3v) is 2.81. The zero-order chi connectivity index (χ0) is 11.9. The van der Waals surface area contributed by atoms with Crippen LogP contribution in [0.25, 0.3) is 0 Å². The minimum absolute atomic E-state index is 0.639. The summed E-state index contributed by atoms with van der Waals surface area (Å²) in [5, 5.41) is 3.47. The van der Waals surface area contributed by atoms with Crippen molar-refractivity contribution in [2.24, 2.45) is 0 Å². The van der Waals surface area contributed by atoms with Crippen molar-refractivity contribution in [3.8, 4) is 5.75 Å². The van der Waals surface area contributed by atoms with E-state index >= 15 is 0 Å². The smallest absolute Gasteiger partial charge is 0.119 e. The molecule has 0 radical (unpaired) electrons. The highest BCUT2D eigenvalue weighted by Crippen LogP contribution is 2.18. The molecule has 1 aromatic rings. The second-order valence-corrected chi connectivity index (χ2v) is 4.51. The molecule has 1 N–H and O–H groups in total. The molecule has 94 valence electrons. The van der Waals surface area contributed by atoms with Crippen LogP contribution in [0.4, 0.5) is 0 Å². The molecule has 0 aromatic heterocycles. The van der Waals surface area contributed by atoms with E-state index in [9.17, 15) is 0 Å². The Morgan fingerprint density at radius 2 is 2.24 bits per heavy atom. The van der Waals surface area contributed by atoms with E-state index in [-0.39, 0.29) is 0 Å². The fourth-order valence-corrected chi connectivity index (χ4v) is 1.75. The Hall–Kier alpha value is -1.06. The maximum absolute atomic E-state index is 5.70. The zero-order valence-electron chi connectivity index (χ0n) is 10.4. The Labute approximate surface area is 103 Å². The molecule has 0 bridgehead atoms. The lowest BCUT2D eigenvalue weighted by Gasteiger charge is -2.08. The predicted octanol–water partition coefficient (Wildman–Crippen LogP) is 2.35. The topological polar surface area (TPSA) is 30.5 Å². The van der Waals surface area contributed by atoms with Gasteiger partial charge in [-0.15, -0.1) is 0 Å². The fraction of sp³-hybridized carbons (Fsp3) is 0.571. The third kappa shape index (κ3) is 4.75. The summed E-state index contributed by atoms with van der Waals surface area (Å²) in [5.74, 6) is 0.936. The first-order chi connectivity index (χ1) is 8.38. The van der Waals surface area contributed by atoms with Gasteiger partial charge in [-0.3, -0.25) is 0 Å². The second-order valence-electron chi connectivity index (χ2n) is 4.51. The molecular weight excluding hydrogens is 214 g/mol. The van der Waals surface area contributed by atoms with E-state index in [2.05, 4.69) is 5.32 Å². The Morgan fingerprint density at radius 1 is 1.35 bits per heavy atom. The number of hydrogen-bond acceptors (Lipinski definition) is 3. The average molecular weight is 235 g/mol. The van der Waals surface area contributed by atoms with Crippen molar-refractivity contribution in [3.63, 3.8) is 0 Å². The molecule has 0 amide bonds. The van der Waals surface area contributed by atoms with Crippen molar-refractivity contribution >= 4 is 0 Å². The van der Waals surface area contributed by atoms with Gasteiger partial charge in [-0.25, -0.2) is 0 Å². The highest BCUT2D eigenvalue weighted by atomic mass is 16.5. The maximum Gasteiger partial charge on any atom is 0.119 e. The summed E-state index contributed by atoms with van der Waals surface area (Å²) in [5.41, 5.74) is 1.15. The standard InChI is InChI=1S/C14H21NO2/c1-16-11-12-4-2-5-14(10-12)17-9-3-8-15-13-6-7-13/h2,4-5,10,13,15H,3,6-9,11H2,1H3. The number of benzene rings is 1. The number of nitrogens with one attached hydrogen (secondary N) is 1. The summed E-state index contributed by atoms with van der Waals surface area (Å²) in [6.07, 6.45) is 3.75. The van der Waals surface area contributed by atoms with Crippen LogP contribution in [0.15, 0.2) is 24.3 Å². The van der Waals surface area contributed by atoms with E-state index in [4.69, 9.17) is 9.47 Å². The lowest BCUT2D eigenvalue weighted by Crippen LogP contribution is -2.19. The van der Waals surface area contributed by atoms with E-state index in [1.54, 1.807) is 7.11 Å². The van der Waals surface area contributed by atoms with Crippen LogP contribution in [0.2, 0.25) is 0 Å². The lowest BCUT2D eigenvalue weighted by atomic mass is 10.2. The molecule has 0 spiro atoms. The number of hydrogen-bond donors (Lipinski definition) is 1. The molecule has 0 atom stereocenters. The van der Waals surface area contributed by atoms with Gasteiger partial charge in [0.2, 0.25) is 0 Å². The minimum Gasteiger partial charge on any atom is -0.494 e. The molecule has 0 aliphatic heterocycles. The average Bonchev–Trinajstić information content (AvgIpc) is 3.14. The van der Waals surface area contributed by atoms with E-state index in [0.717, 1.165) is 36.9 Å². The van der Waals surface area contributed by atoms with Crippen LogP contribution in [0.1, 0.15) is 24.8 Å². The van der Waals surface area contributed by atoms with E-state index in [1.807, 2.05) is 24.3 Å². The van der Waals surface area contributed by atoms with Crippen LogP contribution in [0, 0.1) is 0 Å². The first-order valence-electron chi connectivity index (χ1n) is 6.32. The summed E-state index contributed by atoms with van der Waals surface area (Å²) in [6, 6.07) is 8.88. The summed E-state index contributed by atoms with van der Waals surface area (Å²) in [4.78, 5) is 0. The van der Waals surface area contributed by atoms with Crippen molar-refractivity contribution in [2.45, 2.75) is 31.9 Å². The molecule has 2 rings (SSSR count). The quantitative estimate of drug-likeness (QED) is 0.702. The molecule has 3 nitrogen and oxygen atoms in total. The Bertz CT molecular complexity index is 337. The summed E-state index contributed by atoms with van der Waals surface area (Å²) >= 11 is 0. The van der Waals surface area contributed by atoms with Gasteiger partial charge in [0.1, 0.15) is 5.75 Å². The van der Waals surface area contributed by atoms with E-state index in [1.165, 1.54) is 12.8 Å². The van der Waals surface area contributed by atoms with Gasteiger partial charge >= 0.3 is 0 Å². The monoisotopic (exact) mass is 235 g/mol. The highest BCUT2D eigenvalue weighted by molar-refractivity contribution is 5.28. The minimum atomic E-state index is 0.639. The zero-order valence-corrected chi connectivity index (χ0v) is 10.4. The van der Waals surface area contributed by atoms with Gasteiger partial charge in [0.25, 0.3) is 0 Å². The predicted molar refractivity (Wildman–Crippen MR) is 68.3 cm³/mol. The van der Waals surface area contributed by atoms with Crippen molar-refractivity contribution in [3.05, 3.63) is 29.8 Å². The van der Waals surface area contributed by atoms with E-state index in [0.29, 0.717) is 6.61 Å². The van der Waals surface area contributed by atoms with Gasteiger partial charge in [0.05, 0.1) is 13.2 Å². The maximum atomic E-state index is 5.70. The lowest BCUT2D eigenvalue weighted by molar-refractivity contribution is 0.184. The Balaban J connectivity index is 1.64. The first-order valence-corrected chi connectivity index (χ1v) is 6.32. The van der Waals surface area contributed by atoms with Crippen molar-refractivity contribution in [2.75, 3.05) is 20.3 Å². The van der Waals surface area contributed by atoms with Gasteiger partial charge in [-0.1, -0.05) is 12.1 Å². The summed E-state index contributed by atoms with van der Waals surface area (Å²) in [7, 11) is 1.71. The SMILES string of the molecule is COCc1cccc(OCCCNC2CC2)c1. The molecular formula is C14H21NO2. The summed E-state index contributed by atoms with van der Waals surface area (Å²) < 4.78 is 10.8. The van der Waals surface area contributed by atoms with Gasteiger partial charge in [0, 0.05) is 13.2 Å². The van der Waals surface area contributed by atoms with Crippen molar-refractivity contribution < 1.29 is 9.47 Å².